The zero-order valence-electron chi connectivity index (χ0n) is 21.4. The molecule has 0 aliphatic carbocycles. The van der Waals surface area contributed by atoms with Gasteiger partial charge in [-0.15, -0.1) is 0 Å². The summed E-state index contributed by atoms with van der Waals surface area (Å²) in [6.45, 7) is 4.62. The van der Waals surface area contributed by atoms with Crippen molar-refractivity contribution in [1.29, 1.82) is 0 Å². The zero-order valence-corrected chi connectivity index (χ0v) is 22.2. The first-order valence-electron chi connectivity index (χ1n) is 11.9. The summed E-state index contributed by atoms with van der Waals surface area (Å²) in [5.74, 6) is -1.32. The Bertz CT molecular complexity index is 1320. The third kappa shape index (κ3) is 8.39. The molecular weight excluding hydrogens is 544 g/mol. The molecule has 1 aliphatic heterocycles. The highest BCUT2D eigenvalue weighted by atomic mass is 32.2. The summed E-state index contributed by atoms with van der Waals surface area (Å²) in [5.41, 5.74) is 0.713. The number of nitrogens with one attached hydrogen (secondary N) is 2. The van der Waals surface area contributed by atoms with Gasteiger partial charge in [0, 0.05) is 42.1 Å². The molecule has 2 N–H and O–H groups in total. The molecule has 0 spiro atoms. The number of thioether (sulfide) groups is 1. The molecule has 2 atom stereocenters. The van der Waals surface area contributed by atoms with Crippen molar-refractivity contribution in [3.05, 3.63) is 82.4 Å². The molecule has 1 aliphatic rings. The van der Waals surface area contributed by atoms with Crippen LogP contribution in [0, 0.1) is 10.1 Å². The molecule has 0 bridgehead atoms. The highest BCUT2D eigenvalue weighted by Crippen LogP contribution is 2.30. The Labute approximate surface area is 233 Å². The van der Waals surface area contributed by atoms with Gasteiger partial charge in [-0.3, -0.25) is 34.7 Å². The van der Waals surface area contributed by atoms with Crippen molar-refractivity contribution in [2.45, 2.75) is 31.2 Å². The number of non-ortho nitro benzene ring substituents is 1. The van der Waals surface area contributed by atoms with E-state index in [-0.39, 0.29) is 53.5 Å². The van der Waals surface area contributed by atoms with E-state index in [9.17, 15) is 34.1 Å². The molecule has 0 aromatic heterocycles. The Morgan fingerprint density at radius 3 is 2.52 bits per heavy atom. The van der Waals surface area contributed by atoms with Crippen LogP contribution in [0.5, 0.6) is 0 Å². The van der Waals surface area contributed by atoms with E-state index < -0.39 is 35.0 Å². The summed E-state index contributed by atoms with van der Waals surface area (Å²) >= 11 is 1.01. The first-order valence-corrected chi connectivity index (χ1v) is 12.8. The molecular formula is C26H26N4O9S. The number of amides is 4. The summed E-state index contributed by atoms with van der Waals surface area (Å²) in [6.07, 6.45) is -0.228. The van der Waals surface area contributed by atoms with Crippen LogP contribution in [-0.2, 0) is 25.7 Å². The molecule has 2 unspecified atom stereocenters. The van der Waals surface area contributed by atoms with E-state index in [1.807, 2.05) is 0 Å². The van der Waals surface area contributed by atoms with Gasteiger partial charge in [0.15, 0.2) is 5.12 Å². The van der Waals surface area contributed by atoms with Gasteiger partial charge < -0.3 is 14.8 Å². The highest BCUT2D eigenvalue weighted by Gasteiger charge is 2.41. The van der Waals surface area contributed by atoms with Gasteiger partial charge in [-0.25, -0.2) is 9.59 Å². The summed E-state index contributed by atoms with van der Waals surface area (Å²) in [7, 11) is 0. The van der Waals surface area contributed by atoms with Crippen molar-refractivity contribution in [2.24, 2.45) is 0 Å². The minimum atomic E-state index is -0.979. The predicted molar refractivity (Wildman–Crippen MR) is 145 cm³/mol. The average molecular weight is 571 g/mol. The van der Waals surface area contributed by atoms with Crippen molar-refractivity contribution >= 4 is 52.3 Å². The molecule has 3 rings (SSSR count). The quantitative estimate of drug-likeness (QED) is 0.257. The fourth-order valence-corrected chi connectivity index (χ4v) is 4.79. The van der Waals surface area contributed by atoms with Crippen molar-refractivity contribution in [3.8, 4) is 0 Å². The second-order valence-corrected chi connectivity index (χ2v) is 10.0. The second-order valence-electron chi connectivity index (χ2n) is 8.52. The maximum Gasteiger partial charge on any atom is 0.414 e. The van der Waals surface area contributed by atoms with Gasteiger partial charge in [-0.1, -0.05) is 30.5 Å². The molecule has 2 aromatic carbocycles. The molecule has 1 saturated heterocycles. The van der Waals surface area contributed by atoms with Crippen LogP contribution in [0.25, 0.3) is 0 Å². The Balaban J connectivity index is 1.68. The number of benzene rings is 2. The fraction of sp³-hybridized carbons (Fsp3) is 0.269. The monoisotopic (exact) mass is 570 g/mol. The maximum atomic E-state index is 13.2. The third-order valence-corrected chi connectivity index (χ3v) is 6.59. The van der Waals surface area contributed by atoms with Crippen LogP contribution >= 0.6 is 11.8 Å². The number of hydrogen-bond acceptors (Lipinski definition) is 10. The number of ether oxygens (including phenoxy) is 2. The van der Waals surface area contributed by atoms with E-state index in [4.69, 9.17) is 9.47 Å². The molecule has 210 valence electrons. The topological polar surface area (TPSA) is 174 Å². The number of carbonyl (C=O) groups excluding carboxylic acids is 5. The van der Waals surface area contributed by atoms with Crippen molar-refractivity contribution < 1.29 is 38.4 Å². The molecule has 0 radical (unpaired) electrons. The van der Waals surface area contributed by atoms with Crippen molar-refractivity contribution in [1.82, 2.24) is 10.2 Å². The van der Waals surface area contributed by atoms with E-state index in [0.29, 0.717) is 5.56 Å². The Morgan fingerprint density at radius 1 is 1.15 bits per heavy atom. The second kappa shape index (κ2) is 13.9. The van der Waals surface area contributed by atoms with Gasteiger partial charge in [-0.05, 0) is 42.3 Å². The first kappa shape index (κ1) is 29.8. The van der Waals surface area contributed by atoms with E-state index in [1.54, 1.807) is 0 Å². The maximum absolute atomic E-state index is 13.2. The number of anilines is 1. The predicted octanol–water partition coefficient (Wildman–Crippen LogP) is 3.65. The lowest BCUT2D eigenvalue weighted by atomic mass is 10.1. The molecule has 40 heavy (non-hydrogen) atoms. The van der Waals surface area contributed by atoms with Crippen molar-refractivity contribution in [3.63, 3.8) is 0 Å². The van der Waals surface area contributed by atoms with Crippen LogP contribution in [-0.4, -0.2) is 63.4 Å². The van der Waals surface area contributed by atoms with Gasteiger partial charge >= 0.3 is 12.2 Å². The molecule has 1 heterocycles. The standard InChI is InChI=1S/C26H26N4O9S/c1-3-11-38-25(34)28-23(32)18-5-4-6-19(12-18)27-24(33)22-13-21(40-16(2)31)14-29(22)26(35)39-15-17-7-9-20(10-8-17)30(36)37/h3-10,12,21-22H,1,11,13-15H2,2H3,(H,27,33)(H,28,32,34). The minimum absolute atomic E-state index is 0.0733. The molecule has 4 amide bonds. The van der Waals surface area contributed by atoms with E-state index in [2.05, 4.69) is 17.2 Å². The van der Waals surface area contributed by atoms with Gasteiger partial charge in [0.05, 0.1) is 4.92 Å². The summed E-state index contributed by atoms with van der Waals surface area (Å²) < 4.78 is 10.1. The Hall–Kier alpha value is -4.72. The lowest BCUT2D eigenvalue weighted by Gasteiger charge is -2.23. The van der Waals surface area contributed by atoms with Crippen molar-refractivity contribution in [2.75, 3.05) is 18.5 Å². The highest BCUT2D eigenvalue weighted by molar-refractivity contribution is 8.14. The number of hydrogen-bond donors (Lipinski definition) is 2. The lowest BCUT2D eigenvalue weighted by molar-refractivity contribution is -0.384. The van der Waals surface area contributed by atoms with Crippen LogP contribution in [0.15, 0.2) is 61.2 Å². The van der Waals surface area contributed by atoms with E-state index in [0.717, 1.165) is 11.8 Å². The van der Waals surface area contributed by atoms with Gasteiger partial charge in [0.1, 0.15) is 19.3 Å². The van der Waals surface area contributed by atoms with Gasteiger partial charge in [0.25, 0.3) is 11.6 Å². The number of nitrogens with zero attached hydrogens (tertiary/aromatic N) is 2. The van der Waals surface area contributed by atoms with Crippen LogP contribution in [0.4, 0.5) is 21.0 Å². The number of rotatable bonds is 9. The largest absolute Gasteiger partial charge is 0.445 e. The summed E-state index contributed by atoms with van der Waals surface area (Å²) in [6, 6.07) is 10.3. The molecule has 2 aromatic rings. The summed E-state index contributed by atoms with van der Waals surface area (Å²) in [4.78, 5) is 73.3. The molecule has 1 fully saturated rings. The van der Waals surface area contributed by atoms with Gasteiger partial charge in [-0.2, -0.15) is 0 Å². The first-order chi connectivity index (χ1) is 19.1. The number of likely N-dealkylation sites (tertiary alicyclic amines) is 1. The molecule has 14 heteroatoms. The minimum Gasteiger partial charge on any atom is -0.445 e. The van der Waals surface area contributed by atoms with E-state index >= 15 is 0 Å². The van der Waals surface area contributed by atoms with Crippen LogP contribution in [0.3, 0.4) is 0 Å². The average Bonchev–Trinajstić information content (AvgIpc) is 3.34. The number of alkyl carbamates (subject to hydrolysis) is 1. The van der Waals surface area contributed by atoms with E-state index in [1.165, 1.54) is 66.4 Å². The number of carbonyl (C=O) groups is 5. The fourth-order valence-electron chi connectivity index (χ4n) is 3.81. The number of nitro groups is 1. The zero-order chi connectivity index (χ0) is 29.2. The Kier molecular flexibility index (Phi) is 10.4. The number of nitro benzene ring substituents is 1. The summed E-state index contributed by atoms with van der Waals surface area (Å²) in [5, 5.41) is 15.0. The third-order valence-electron chi connectivity index (χ3n) is 5.58. The van der Waals surface area contributed by atoms with Gasteiger partial charge in [0.2, 0.25) is 5.91 Å². The molecule has 13 nitrogen and oxygen atoms in total. The SMILES string of the molecule is C=CCOC(=O)NC(=O)c1cccc(NC(=O)C2CC(SC(C)=O)CN2C(=O)OCc2ccc([N+](=O)[O-])cc2)c1. The Morgan fingerprint density at radius 2 is 1.88 bits per heavy atom. The van der Waals surface area contributed by atoms with Crippen LogP contribution in [0.1, 0.15) is 29.3 Å². The lowest BCUT2D eigenvalue weighted by Crippen LogP contribution is -2.43. The van der Waals surface area contributed by atoms with Crippen LogP contribution in [0.2, 0.25) is 0 Å². The normalized spacial score (nSPS) is 16.0. The number of imide groups is 1. The molecule has 0 saturated carbocycles. The van der Waals surface area contributed by atoms with Crippen LogP contribution < -0.4 is 10.6 Å². The smallest absolute Gasteiger partial charge is 0.414 e.